The lowest BCUT2D eigenvalue weighted by atomic mass is 10.0. The minimum atomic E-state index is -1.11. The van der Waals surface area contributed by atoms with Gasteiger partial charge in [-0.1, -0.05) is 0 Å². The quantitative estimate of drug-likeness (QED) is 0.649. The van der Waals surface area contributed by atoms with Crippen LogP contribution in [-0.2, 0) is 19.5 Å². The van der Waals surface area contributed by atoms with E-state index in [1.807, 2.05) is 0 Å². The Labute approximate surface area is 172 Å². The number of imide groups is 1. The van der Waals surface area contributed by atoms with Gasteiger partial charge in [0.15, 0.2) is 0 Å². The van der Waals surface area contributed by atoms with Gasteiger partial charge in [-0.2, -0.15) is 5.10 Å². The van der Waals surface area contributed by atoms with Crippen LogP contribution in [0.25, 0.3) is 0 Å². The first kappa shape index (κ1) is 19.9. The molecule has 0 fully saturated rings. The normalized spacial score (nSPS) is 19.6. The van der Waals surface area contributed by atoms with Crippen LogP contribution in [0.2, 0.25) is 0 Å². The molecule has 0 spiro atoms. The van der Waals surface area contributed by atoms with E-state index in [1.165, 1.54) is 4.68 Å². The number of hydrogen-bond donors (Lipinski definition) is 1. The molecular weight excluding hydrogens is 455 g/mol. The summed E-state index contributed by atoms with van der Waals surface area (Å²) in [5, 5.41) is 6.67. The Bertz CT molecular complexity index is 1010. The van der Waals surface area contributed by atoms with Crippen molar-refractivity contribution in [2.75, 3.05) is 25.5 Å². The number of fused-ring (bicyclic) bond motifs is 3. The molecule has 1 aromatic heterocycles. The average Bonchev–Trinajstić information content (AvgIpc) is 2.90. The lowest BCUT2D eigenvalue weighted by Crippen LogP contribution is -2.44. The number of aromatic nitrogens is 2. The fourth-order valence-corrected chi connectivity index (χ4v) is 3.98. The second kappa shape index (κ2) is 7.45. The third-order valence-corrected chi connectivity index (χ3v) is 5.57. The molecule has 0 radical (unpaired) electrons. The molecule has 4 rings (SSSR count). The van der Waals surface area contributed by atoms with Crippen molar-refractivity contribution in [3.8, 4) is 0 Å². The number of rotatable bonds is 1. The molecule has 0 bridgehead atoms. The molecule has 3 amide bonds. The Balaban J connectivity index is 1.61. The maximum absolute atomic E-state index is 14.1. The summed E-state index contributed by atoms with van der Waals surface area (Å²) >= 11 is 2.93. The van der Waals surface area contributed by atoms with Crippen LogP contribution >= 0.6 is 15.9 Å². The third-order valence-electron chi connectivity index (χ3n) is 4.96. The molecule has 1 N–H and O–H groups in total. The van der Waals surface area contributed by atoms with Gasteiger partial charge in [0.25, 0.3) is 5.91 Å². The second-order valence-electron chi connectivity index (χ2n) is 7.13. The van der Waals surface area contributed by atoms with E-state index in [0.717, 1.165) is 11.0 Å². The molecule has 0 unspecified atom stereocenters. The van der Waals surface area contributed by atoms with Gasteiger partial charge < -0.3 is 5.32 Å². The van der Waals surface area contributed by atoms with Gasteiger partial charge in [-0.3, -0.25) is 19.3 Å². The third kappa shape index (κ3) is 3.64. The maximum Gasteiger partial charge on any atom is 0.328 e. The summed E-state index contributed by atoms with van der Waals surface area (Å²) in [5.41, 5.74) is 1.11. The molecule has 154 valence electrons. The summed E-state index contributed by atoms with van der Waals surface area (Å²) in [6, 6.07) is 0.893. The second-order valence-corrected chi connectivity index (χ2v) is 7.98. The fourth-order valence-electron chi connectivity index (χ4n) is 3.64. The van der Waals surface area contributed by atoms with E-state index in [4.69, 9.17) is 0 Å². The van der Waals surface area contributed by atoms with Crippen molar-refractivity contribution in [2.24, 2.45) is 0 Å². The Morgan fingerprint density at radius 3 is 2.79 bits per heavy atom. The van der Waals surface area contributed by atoms with Gasteiger partial charge in [-0.05, 0) is 29.0 Å². The lowest BCUT2D eigenvalue weighted by molar-refractivity contribution is 0.0796. The van der Waals surface area contributed by atoms with Crippen molar-refractivity contribution < 1.29 is 22.8 Å². The molecule has 7 nitrogen and oxygen atoms in total. The summed E-state index contributed by atoms with van der Waals surface area (Å²) < 4.78 is 42.9. The molecule has 3 heterocycles. The molecule has 2 aliphatic rings. The zero-order valence-electron chi connectivity index (χ0n) is 15.4. The molecule has 1 aromatic carbocycles. The molecular formula is C18H17BrF3N5O2. The highest BCUT2D eigenvalue weighted by molar-refractivity contribution is 9.10. The molecule has 29 heavy (non-hydrogen) atoms. The predicted octanol–water partition coefficient (Wildman–Crippen LogP) is 2.94. The van der Waals surface area contributed by atoms with Crippen molar-refractivity contribution in [1.29, 1.82) is 0 Å². The smallest absolute Gasteiger partial charge is 0.305 e. The van der Waals surface area contributed by atoms with E-state index in [0.29, 0.717) is 30.4 Å². The molecule has 1 atom stereocenters. The fraction of sp³-hybridized carbons (Fsp3) is 0.389. The summed E-state index contributed by atoms with van der Waals surface area (Å²) in [5.74, 6) is -2.34. The molecule has 2 aliphatic heterocycles. The summed E-state index contributed by atoms with van der Waals surface area (Å²) in [4.78, 5) is 28.4. The van der Waals surface area contributed by atoms with E-state index in [-0.39, 0.29) is 35.4 Å². The molecule has 2 aromatic rings. The molecule has 0 saturated heterocycles. The van der Waals surface area contributed by atoms with Crippen LogP contribution in [-0.4, -0.2) is 57.8 Å². The minimum absolute atomic E-state index is 0.0211. The Hall–Kier alpha value is -2.40. The van der Waals surface area contributed by atoms with Gasteiger partial charge in [0.2, 0.25) is 0 Å². The van der Waals surface area contributed by atoms with E-state index < -0.39 is 29.7 Å². The topological polar surface area (TPSA) is 70.5 Å². The number of alkyl halides is 1. The van der Waals surface area contributed by atoms with Gasteiger partial charge in [0.05, 0.1) is 33.7 Å². The van der Waals surface area contributed by atoms with Crippen molar-refractivity contribution in [2.45, 2.75) is 25.7 Å². The van der Waals surface area contributed by atoms with Gasteiger partial charge in [-0.25, -0.2) is 18.0 Å². The van der Waals surface area contributed by atoms with Crippen LogP contribution in [0.4, 0.5) is 23.7 Å². The van der Waals surface area contributed by atoms with Crippen LogP contribution in [0, 0.1) is 11.6 Å². The van der Waals surface area contributed by atoms with Crippen molar-refractivity contribution in [3.05, 3.63) is 45.2 Å². The Morgan fingerprint density at radius 1 is 1.28 bits per heavy atom. The lowest BCUT2D eigenvalue weighted by Gasteiger charge is -2.25. The van der Waals surface area contributed by atoms with Crippen LogP contribution in [0.3, 0.4) is 0 Å². The highest BCUT2D eigenvalue weighted by atomic mass is 79.9. The summed E-state index contributed by atoms with van der Waals surface area (Å²) in [7, 11) is 1.74. The monoisotopic (exact) mass is 471 g/mol. The van der Waals surface area contributed by atoms with Gasteiger partial charge in [0, 0.05) is 32.1 Å². The summed E-state index contributed by atoms with van der Waals surface area (Å²) in [6.45, 7) is 0.632. The number of amides is 3. The van der Waals surface area contributed by atoms with Crippen LogP contribution in [0.15, 0.2) is 16.6 Å². The van der Waals surface area contributed by atoms with Crippen LogP contribution in [0.5, 0.6) is 0 Å². The van der Waals surface area contributed by atoms with Crippen LogP contribution < -0.4 is 5.32 Å². The number of nitrogens with zero attached hydrogens (tertiary/aromatic N) is 4. The number of nitrogens with one attached hydrogen (secondary N) is 1. The van der Waals surface area contributed by atoms with Crippen molar-refractivity contribution >= 4 is 33.6 Å². The first-order valence-corrected chi connectivity index (χ1v) is 9.72. The zero-order chi connectivity index (χ0) is 20.9. The number of urea groups is 1. The van der Waals surface area contributed by atoms with Gasteiger partial charge in [-0.15, -0.1) is 0 Å². The first-order valence-electron chi connectivity index (χ1n) is 8.93. The summed E-state index contributed by atoms with van der Waals surface area (Å²) in [6.07, 6.45) is -0.804. The minimum Gasteiger partial charge on any atom is -0.305 e. The number of anilines is 1. The number of hydrogen-bond acceptors (Lipinski definition) is 4. The van der Waals surface area contributed by atoms with E-state index in [2.05, 4.69) is 26.3 Å². The molecule has 0 aliphatic carbocycles. The average molecular weight is 472 g/mol. The molecule has 11 heteroatoms. The SMILES string of the molecule is CN1Cc2c3c(nn2C[C@@H](F)C1)CCN(C(=O)Nc1cc(Br)c(F)cc1F)C3=O. The number of carbonyl (C=O) groups is 2. The van der Waals surface area contributed by atoms with E-state index in [9.17, 15) is 22.8 Å². The molecule has 0 saturated carbocycles. The first-order chi connectivity index (χ1) is 13.7. The van der Waals surface area contributed by atoms with E-state index >= 15 is 0 Å². The van der Waals surface area contributed by atoms with Crippen molar-refractivity contribution in [1.82, 2.24) is 19.6 Å². The standard InChI is InChI=1S/C18H17BrF3N5O2/c1-25-6-9(20)7-27-15(8-25)16-13(24-27)2-3-26(17(16)28)18(29)23-14-4-10(19)11(21)5-12(14)22/h4-5,9H,2-3,6-8H2,1H3,(H,23,29)/t9-/m0/s1. The number of halogens is 4. The van der Waals surface area contributed by atoms with Crippen LogP contribution in [0.1, 0.15) is 21.7 Å². The maximum atomic E-state index is 14.1. The number of benzene rings is 1. The van der Waals surface area contributed by atoms with Crippen molar-refractivity contribution in [3.63, 3.8) is 0 Å². The predicted molar refractivity (Wildman–Crippen MR) is 101 cm³/mol. The Kier molecular flexibility index (Phi) is 5.11. The van der Waals surface area contributed by atoms with E-state index in [1.54, 1.807) is 11.9 Å². The number of carbonyl (C=O) groups excluding carboxylic acids is 2. The largest absolute Gasteiger partial charge is 0.328 e. The van der Waals surface area contributed by atoms with Gasteiger partial charge in [0.1, 0.15) is 17.8 Å². The Morgan fingerprint density at radius 2 is 2.03 bits per heavy atom. The highest BCUT2D eigenvalue weighted by Gasteiger charge is 2.36. The highest BCUT2D eigenvalue weighted by Crippen LogP contribution is 2.28. The zero-order valence-corrected chi connectivity index (χ0v) is 17.0. The van der Waals surface area contributed by atoms with Gasteiger partial charge >= 0.3 is 6.03 Å².